The van der Waals surface area contributed by atoms with Crippen LogP contribution >= 0.6 is 0 Å². The summed E-state index contributed by atoms with van der Waals surface area (Å²) in [6, 6.07) is 0. The third kappa shape index (κ3) is 2.99. The van der Waals surface area contributed by atoms with Gasteiger partial charge in [-0.25, -0.2) is 0 Å². The van der Waals surface area contributed by atoms with Crippen LogP contribution in [0.15, 0.2) is 0 Å². The number of primary amides is 1. The van der Waals surface area contributed by atoms with Gasteiger partial charge in [0.25, 0.3) is 0 Å². The Morgan fingerprint density at radius 2 is 2.08 bits per heavy atom. The van der Waals surface area contributed by atoms with E-state index in [1.807, 2.05) is 0 Å². The Labute approximate surface area is 80.1 Å². The van der Waals surface area contributed by atoms with E-state index < -0.39 is 0 Å². The molecule has 1 rings (SSSR count). The molecule has 0 radical (unpaired) electrons. The first-order valence-corrected chi connectivity index (χ1v) is 5.22. The first kappa shape index (κ1) is 10.5. The summed E-state index contributed by atoms with van der Waals surface area (Å²) in [4.78, 5) is 10.9. The molecule has 0 unspecified atom stereocenters. The van der Waals surface area contributed by atoms with Gasteiger partial charge in [-0.15, -0.1) is 0 Å². The summed E-state index contributed by atoms with van der Waals surface area (Å²) < 4.78 is 0. The minimum atomic E-state index is -0.175. The van der Waals surface area contributed by atoms with Crippen LogP contribution in [0.25, 0.3) is 0 Å². The zero-order valence-electron chi connectivity index (χ0n) is 8.44. The van der Waals surface area contributed by atoms with Crippen LogP contribution in [0.4, 0.5) is 0 Å². The Balaban J connectivity index is 2.47. The normalized spacial score (nSPS) is 20.4. The molecule has 3 nitrogen and oxygen atoms in total. The maximum absolute atomic E-state index is 10.9. The van der Waals surface area contributed by atoms with E-state index in [1.54, 1.807) is 0 Å². The number of hydrogen-bond acceptors (Lipinski definition) is 2. The molecule has 0 heterocycles. The number of nitrogens with one attached hydrogen (secondary N) is 1. The molecule has 0 aromatic rings. The Hall–Kier alpha value is -0.570. The van der Waals surface area contributed by atoms with E-state index in [9.17, 15) is 4.79 Å². The molecule has 0 aromatic carbocycles. The van der Waals surface area contributed by atoms with Crippen molar-refractivity contribution in [2.75, 3.05) is 6.54 Å². The smallest absolute Gasteiger partial charge is 0.219 e. The minimum Gasteiger partial charge on any atom is -0.370 e. The van der Waals surface area contributed by atoms with Gasteiger partial charge in [-0.2, -0.15) is 0 Å². The number of hydrogen-bond donors (Lipinski definition) is 2. The zero-order valence-corrected chi connectivity index (χ0v) is 8.44. The Kier molecular flexibility index (Phi) is 3.72. The Bertz CT molecular complexity index is 174. The molecule has 0 saturated heterocycles. The minimum absolute atomic E-state index is 0.0435. The van der Waals surface area contributed by atoms with Gasteiger partial charge in [-0.1, -0.05) is 19.8 Å². The van der Waals surface area contributed by atoms with E-state index in [1.165, 1.54) is 12.8 Å². The summed E-state index contributed by atoms with van der Waals surface area (Å²) in [6.45, 7) is 3.13. The van der Waals surface area contributed by atoms with Crippen molar-refractivity contribution in [1.29, 1.82) is 0 Å². The largest absolute Gasteiger partial charge is 0.370 e. The Morgan fingerprint density at radius 3 is 2.54 bits per heavy atom. The lowest BCUT2D eigenvalue weighted by Crippen LogP contribution is -2.46. The lowest BCUT2D eigenvalue weighted by atomic mass is 9.93. The lowest BCUT2D eigenvalue weighted by Gasteiger charge is -2.29. The average molecular weight is 184 g/mol. The zero-order chi connectivity index (χ0) is 9.73. The van der Waals surface area contributed by atoms with Gasteiger partial charge < -0.3 is 11.1 Å². The van der Waals surface area contributed by atoms with Crippen LogP contribution in [-0.2, 0) is 4.79 Å². The second kappa shape index (κ2) is 4.61. The van der Waals surface area contributed by atoms with Gasteiger partial charge in [-0.3, -0.25) is 4.79 Å². The van der Waals surface area contributed by atoms with Crippen molar-refractivity contribution in [1.82, 2.24) is 5.32 Å². The van der Waals surface area contributed by atoms with Crippen molar-refractivity contribution >= 4 is 5.91 Å². The molecule has 1 aliphatic carbocycles. The highest BCUT2D eigenvalue weighted by molar-refractivity contribution is 5.75. The highest BCUT2D eigenvalue weighted by Gasteiger charge is 2.34. The predicted octanol–water partition coefficient (Wildman–Crippen LogP) is 1.17. The number of rotatable bonds is 5. The van der Waals surface area contributed by atoms with Crippen molar-refractivity contribution in [3.8, 4) is 0 Å². The summed E-state index contributed by atoms with van der Waals surface area (Å²) in [7, 11) is 0. The molecule has 1 saturated carbocycles. The molecular formula is C10H20N2O. The number of carbonyl (C=O) groups excluding carboxylic acids is 1. The molecule has 1 aliphatic rings. The van der Waals surface area contributed by atoms with Crippen LogP contribution in [0.5, 0.6) is 0 Å². The first-order chi connectivity index (χ1) is 6.18. The average Bonchev–Trinajstić information content (AvgIpc) is 2.49. The van der Waals surface area contributed by atoms with Gasteiger partial charge in [0, 0.05) is 12.0 Å². The van der Waals surface area contributed by atoms with E-state index in [4.69, 9.17) is 5.73 Å². The predicted molar refractivity (Wildman–Crippen MR) is 53.3 cm³/mol. The molecule has 1 fully saturated rings. The van der Waals surface area contributed by atoms with Crippen molar-refractivity contribution in [2.24, 2.45) is 5.73 Å². The van der Waals surface area contributed by atoms with Crippen LogP contribution in [0, 0.1) is 0 Å². The second-order valence-electron chi connectivity index (χ2n) is 4.06. The number of nitrogens with two attached hydrogens (primary N) is 1. The topological polar surface area (TPSA) is 55.1 Å². The van der Waals surface area contributed by atoms with Gasteiger partial charge in [-0.05, 0) is 25.8 Å². The van der Waals surface area contributed by atoms with Crippen molar-refractivity contribution in [2.45, 2.75) is 51.0 Å². The van der Waals surface area contributed by atoms with Crippen LogP contribution in [0.3, 0.4) is 0 Å². The van der Waals surface area contributed by atoms with Gasteiger partial charge in [0.1, 0.15) is 0 Å². The maximum atomic E-state index is 10.9. The lowest BCUT2D eigenvalue weighted by molar-refractivity contribution is -0.119. The number of carbonyl (C=O) groups is 1. The molecule has 0 spiro atoms. The number of amides is 1. The summed E-state index contributed by atoms with van der Waals surface area (Å²) >= 11 is 0. The van der Waals surface area contributed by atoms with E-state index >= 15 is 0 Å². The molecule has 0 atom stereocenters. The molecule has 0 bridgehead atoms. The summed E-state index contributed by atoms with van der Waals surface area (Å²) in [6.07, 6.45) is 6.29. The summed E-state index contributed by atoms with van der Waals surface area (Å²) in [5.74, 6) is -0.175. The third-order valence-corrected chi connectivity index (χ3v) is 2.82. The van der Waals surface area contributed by atoms with E-state index in [0.29, 0.717) is 6.42 Å². The molecule has 76 valence electrons. The van der Waals surface area contributed by atoms with Crippen molar-refractivity contribution in [3.05, 3.63) is 0 Å². The van der Waals surface area contributed by atoms with Crippen molar-refractivity contribution in [3.63, 3.8) is 0 Å². The quantitative estimate of drug-likeness (QED) is 0.674. The van der Waals surface area contributed by atoms with Gasteiger partial charge in [0.2, 0.25) is 5.91 Å². The first-order valence-electron chi connectivity index (χ1n) is 5.22. The molecule has 1 amide bonds. The molecule has 3 heteroatoms. The molecular weight excluding hydrogens is 164 g/mol. The van der Waals surface area contributed by atoms with Gasteiger partial charge in [0.05, 0.1) is 0 Å². The Morgan fingerprint density at radius 1 is 1.46 bits per heavy atom. The highest BCUT2D eigenvalue weighted by Crippen LogP contribution is 2.32. The van der Waals surface area contributed by atoms with Gasteiger partial charge >= 0.3 is 0 Å². The fourth-order valence-electron chi connectivity index (χ4n) is 2.19. The highest BCUT2D eigenvalue weighted by atomic mass is 16.1. The molecule has 13 heavy (non-hydrogen) atoms. The van der Waals surface area contributed by atoms with E-state index in [2.05, 4.69) is 12.2 Å². The molecule has 3 N–H and O–H groups in total. The maximum Gasteiger partial charge on any atom is 0.219 e. The fourth-order valence-corrected chi connectivity index (χ4v) is 2.19. The fraction of sp³-hybridized carbons (Fsp3) is 0.900. The van der Waals surface area contributed by atoms with Crippen molar-refractivity contribution < 1.29 is 4.79 Å². The summed E-state index contributed by atoms with van der Waals surface area (Å²) in [5, 5.41) is 3.48. The van der Waals surface area contributed by atoms with Crippen LogP contribution in [-0.4, -0.2) is 18.0 Å². The van der Waals surface area contributed by atoms with Crippen LogP contribution in [0.1, 0.15) is 45.4 Å². The van der Waals surface area contributed by atoms with E-state index in [-0.39, 0.29) is 11.4 Å². The second-order valence-corrected chi connectivity index (χ2v) is 4.06. The molecule has 0 aromatic heterocycles. The molecule has 0 aliphatic heterocycles. The van der Waals surface area contributed by atoms with Gasteiger partial charge in [0.15, 0.2) is 0 Å². The SMILES string of the molecule is CCCNC1(CC(N)=O)CCCC1. The van der Waals surface area contributed by atoms with Crippen LogP contribution < -0.4 is 11.1 Å². The standard InChI is InChI=1S/C10H20N2O/c1-2-7-12-10(8-9(11)13)5-3-4-6-10/h12H,2-8H2,1H3,(H2,11,13). The third-order valence-electron chi connectivity index (χ3n) is 2.82. The summed E-state index contributed by atoms with van der Waals surface area (Å²) in [5.41, 5.74) is 5.29. The van der Waals surface area contributed by atoms with Crippen LogP contribution in [0.2, 0.25) is 0 Å². The van der Waals surface area contributed by atoms with E-state index in [0.717, 1.165) is 25.8 Å². The monoisotopic (exact) mass is 184 g/mol.